The molecular weight excluding hydrogens is 427 g/mol. The summed E-state index contributed by atoms with van der Waals surface area (Å²) < 4.78 is 45.7. The van der Waals surface area contributed by atoms with E-state index >= 15 is 0 Å². The van der Waals surface area contributed by atoms with Crippen molar-refractivity contribution >= 4 is 33.3 Å². The summed E-state index contributed by atoms with van der Waals surface area (Å²) in [6.45, 7) is 0. The highest BCUT2D eigenvalue weighted by molar-refractivity contribution is 7.92. The molecule has 0 aromatic heterocycles. The van der Waals surface area contributed by atoms with Gasteiger partial charge in [0.15, 0.2) is 5.75 Å². The van der Waals surface area contributed by atoms with Gasteiger partial charge in [0.25, 0.3) is 15.9 Å². The number of hydrogen-bond donors (Lipinski definition) is 3. The number of aromatic hydroxyl groups is 1. The van der Waals surface area contributed by atoms with E-state index < -0.39 is 33.5 Å². The van der Waals surface area contributed by atoms with Gasteiger partial charge in [-0.3, -0.25) is 9.52 Å². The second-order valence-corrected chi connectivity index (χ2v) is 7.94. The number of hydrogen-bond acceptors (Lipinski definition) is 6. The third-order valence-corrected chi connectivity index (χ3v) is 5.58. The number of halogens is 1. The molecule has 31 heavy (non-hydrogen) atoms. The summed E-state index contributed by atoms with van der Waals surface area (Å²) in [4.78, 5) is 24.0. The molecule has 0 fully saturated rings. The zero-order chi connectivity index (χ0) is 22.6. The van der Waals surface area contributed by atoms with Gasteiger partial charge in [-0.1, -0.05) is 24.3 Å². The maximum atomic E-state index is 13.8. The average Bonchev–Trinajstić information content (AvgIpc) is 2.76. The van der Waals surface area contributed by atoms with Crippen LogP contribution in [0.15, 0.2) is 71.6 Å². The molecule has 3 aromatic carbocycles. The van der Waals surface area contributed by atoms with E-state index in [1.807, 2.05) is 0 Å². The average molecular weight is 444 g/mol. The molecule has 0 unspecified atom stereocenters. The minimum Gasteiger partial charge on any atom is -0.505 e. The Bertz CT molecular complexity index is 1260. The first-order chi connectivity index (χ1) is 14.7. The van der Waals surface area contributed by atoms with E-state index in [0.29, 0.717) is 0 Å². The summed E-state index contributed by atoms with van der Waals surface area (Å²) in [5.74, 6) is -2.77. The minimum atomic E-state index is -4.17. The lowest BCUT2D eigenvalue weighted by molar-refractivity contribution is 0.0597. The monoisotopic (exact) mass is 444 g/mol. The van der Waals surface area contributed by atoms with Crippen LogP contribution < -0.4 is 10.0 Å². The second kappa shape index (κ2) is 8.84. The minimum absolute atomic E-state index is 0.0423. The first kappa shape index (κ1) is 21.8. The number of benzene rings is 3. The summed E-state index contributed by atoms with van der Waals surface area (Å²) in [6.07, 6.45) is 0. The standard InChI is InChI=1S/C21H17FN2O6S/c1-30-21(27)15-8-5-11-18(19(15)25)23-20(26)13-6-4-7-14(12-13)31(28,29)24-17-10-3-2-9-16(17)22/h2-12,24-25H,1H3,(H,23,26). The van der Waals surface area contributed by atoms with Crippen LogP contribution in [0.2, 0.25) is 0 Å². The molecular formula is C21H17FN2O6S. The number of phenolic OH excluding ortho intramolecular Hbond substituents is 1. The number of esters is 1. The van der Waals surface area contributed by atoms with E-state index in [-0.39, 0.29) is 27.4 Å². The Morgan fingerprint density at radius 3 is 2.35 bits per heavy atom. The van der Waals surface area contributed by atoms with Crippen molar-refractivity contribution in [2.24, 2.45) is 0 Å². The predicted molar refractivity (Wildman–Crippen MR) is 111 cm³/mol. The molecule has 0 spiro atoms. The van der Waals surface area contributed by atoms with Crippen molar-refractivity contribution < 1.29 is 32.2 Å². The van der Waals surface area contributed by atoms with Crippen molar-refractivity contribution in [1.29, 1.82) is 0 Å². The number of carbonyl (C=O) groups is 2. The van der Waals surface area contributed by atoms with Crippen molar-refractivity contribution in [1.82, 2.24) is 0 Å². The van der Waals surface area contributed by atoms with Crippen molar-refractivity contribution in [2.45, 2.75) is 4.90 Å². The van der Waals surface area contributed by atoms with Crippen molar-refractivity contribution in [2.75, 3.05) is 17.1 Å². The molecule has 3 aromatic rings. The zero-order valence-electron chi connectivity index (χ0n) is 16.1. The number of carbonyl (C=O) groups excluding carboxylic acids is 2. The van der Waals surface area contributed by atoms with Gasteiger partial charge < -0.3 is 15.2 Å². The van der Waals surface area contributed by atoms with Gasteiger partial charge in [-0.2, -0.15) is 0 Å². The van der Waals surface area contributed by atoms with E-state index in [1.165, 1.54) is 54.6 Å². The summed E-state index contributed by atoms with van der Waals surface area (Å²) in [7, 11) is -3.03. The van der Waals surface area contributed by atoms with Crippen LogP contribution in [-0.2, 0) is 14.8 Å². The number of methoxy groups -OCH3 is 1. The SMILES string of the molecule is COC(=O)c1cccc(NC(=O)c2cccc(S(=O)(=O)Nc3ccccc3F)c2)c1O. The van der Waals surface area contributed by atoms with Crippen molar-refractivity contribution in [3.8, 4) is 5.75 Å². The molecule has 8 nitrogen and oxygen atoms in total. The first-order valence-electron chi connectivity index (χ1n) is 8.82. The number of para-hydroxylation sites is 2. The molecule has 0 saturated carbocycles. The Morgan fingerprint density at radius 1 is 0.968 bits per heavy atom. The fourth-order valence-electron chi connectivity index (χ4n) is 2.67. The van der Waals surface area contributed by atoms with E-state index in [2.05, 4.69) is 14.8 Å². The normalized spacial score (nSPS) is 10.9. The van der Waals surface area contributed by atoms with Crippen molar-refractivity contribution in [3.05, 3.63) is 83.7 Å². The van der Waals surface area contributed by atoms with Gasteiger partial charge in [0.05, 0.1) is 23.4 Å². The van der Waals surface area contributed by atoms with Gasteiger partial charge in [0.2, 0.25) is 0 Å². The van der Waals surface area contributed by atoms with Crippen molar-refractivity contribution in [3.63, 3.8) is 0 Å². The van der Waals surface area contributed by atoms with Crippen LogP contribution >= 0.6 is 0 Å². The highest BCUT2D eigenvalue weighted by Crippen LogP contribution is 2.28. The van der Waals surface area contributed by atoms with Crippen LogP contribution in [-0.4, -0.2) is 32.5 Å². The van der Waals surface area contributed by atoms with Gasteiger partial charge in [-0.15, -0.1) is 0 Å². The molecule has 10 heteroatoms. The third kappa shape index (κ3) is 4.81. The largest absolute Gasteiger partial charge is 0.505 e. The summed E-state index contributed by atoms with van der Waals surface area (Å²) in [5.41, 5.74) is -0.488. The molecule has 160 valence electrons. The number of rotatable bonds is 6. The lowest BCUT2D eigenvalue weighted by Gasteiger charge is -2.12. The summed E-state index contributed by atoms with van der Waals surface area (Å²) >= 11 is 0. The molecule has 0 saturated heterocycles. The van der Waals surface area contributed by atoms with Crippen LogP contribution in [0.3, 0.4) is 0 Å². The second-order valence-electron chi connectivity index (χ2n) is 6.26. The maximum absolute atomic E-state index is 13.8. The van der Waals surface area contributed by atoms with Crippen LogP contribution in [0.25, 0.3) is 0 Å². The number of amides is 1. The molecule has 0 radical (unpaired) electrons. The maximum Gasteiger partial charge on any atom is 0.341 e. The Balaban J connectivity index is 1.86. The molecule has 3 rings (SSSR count). The van der Waals surface area contributed by atoms with Crippen LogP contribution in [0.4, 0.5) is 15.8 Å². The van der Waals surface area contributed by atoms with Gasteiger partial charge in [0.1, 0.15) is 11.4 Å². The number of nitrogens with one attached hydrogen (secondary N) is 2. The van der Waals surface area contributed by atoms with Gasteiger partial charge >= 0.3 is 5.97 Å². The fourth-order valence-corrected chi connectivity index (χ4v) is 3.78. The number of phenols is 1. The number of anilines is 2. The highest BCUT2D eigenvalue weighted by Gasteiger charge is 2.20. The Labute approximate surface area is 177 Å². The van der Waals surface area contributed by atoms with Crippen LogP contribution in [0.5, 0.6) is 5.75 Å². The fraction of sp³-hybridized carbons (Fsp3) is 0.0476. The van der Waals surface area contributed by atoms with Crippen LogP contribution in [0.1, 0.15) is 20.7 Å². The molecule has 0 aliphatic carbocycles. The number of sulfonamides is 1. The number of ether oxygens (including phenoxy) is 1. The summed E-state index contributed by atoms with van der Waals surface area (Å²) in [5, 5.41) is 12.6. The molecule has 0 aliphatic rings. The smallest absolute Gasteiger partial charge is 0.341 e. The van der Waals surface area contributed by atoms with E-state index in [1.54, 1.807) is 0 Å². The van der Waals surface area contributed by atoms with E-state index in [9.17, 15) is 27.5 Å². The van der Waals surface area contributed by atoms with Gasteiger partial charge in [0, 0.05) is 5.56 Å². The molecule has 0 bridgehead atoms. The molecule has 1 amide bonds. The predicted octanol–water partition coefficient (Wildman–Crippen LogP) is 3.37. The Kier molecular flexibility index (Phi) is 6.21. The third-order valence-electron chi connectivity index (χ3n) is 4.21. The zero-order valence-corrected chi connectivity index (χ0v) is 16.9. The Hall–Kier alpha value is -3.92. The van der Waals surface area contributed by atoms with Gasteiger partial charge in [-0.25, -0.2) is 17.6 Å². The molecule has 0 heterocycles. The Morgan fingerprint density at radius 2 is 1.65 bits per heavy atom. The van der Waals surface area contributed by atoms with E-state index in [4.69, 9.17) is 0 Å². The topological polar surface area (TPSA) is 122 Å². The van der Waals surface area contributed by atoms with Gasteiger partial charge in [-0.05, 0) is 42.5 Å². The molecule has 0 atom stereocenters. The molecule has 0 aliphatic heterocycles. The van der Waals surface area contributed by atoms with Crippen LogP contribution in [0, 0.1) is 5.82 Å². The lowest BCUT2D eigenvalue weighted by atomic mass is 10.1. The highest BCUT2D eigenvalue weighted by atomic mass is 32.2. The quantitative estimate of drug-likeness (QED) is 0.396. The first-order valence-corrected chi connectivity index (χ1v) is 10.3. The molecule has 3 N–H and O–H groups in total. The van der Waals surface area contributed by atoms with E-state index in [0.717, 1.165) is 19.2 Å². The summed E-state index contributed by atoms with van der Waals surface area (Å²) in [6, 6.07) is 14.4. The lowest BCUT2D eigenvalue weighted by Crippen LogP contribution is -2.16.